The van der Waals surface area contributed by atoms with E-state index in [0.29, 0.717) is 5.56 Å². The van der Waals surface area contributed by atoms with Crippen LogP contribution in [0.2, 0.25) is 0 Å². The van der Waals surface area contributed by atoms with Crippen LogP contribution in [-0.2, 0) is 90.1 Å². The molecule has 30 fully saturated rings. The molecule has 0 spiro atoms. The van der Waals surface area contributed by atoms with Crippen molar-refractivity contribution in [2.45, 2.75) is 257 Å². The number of aliphatic hydroxyl groups is 23. The summed E-state index contributed by atoms with van der Waals surface area (Å²) in [5.74, 6) is 0. The van der Waals surface area contributed by atoms with E-state index in [9.17, 15) is 126 Å². The highest BCUT2D eigenvalue weighted by Gasteiger charge is 2.60. The Morgan fingerprint density at radius 2 is 0.429 bits per heavy atom. The molecule has 564 valence electrons. The van der Waals surface area contributed by atoms with Crippen molar-refractivity contribution in [1.29, 1.82) is 0 Å². The maximum absolute atomic E-state index is 13.6. The van der Waals surface area contributed by atoms with E-state index < -0.39 is 314 Å². The molecule has 0 aliphatic carbocycles. The lowest BCUT2D eigenvalue weighted by Crippen LogP contribution is -2.69. The molecule has 30 saturated heterocycles. The third-order valence-electron chi connectivity index (χ3n) is 18.4. The van der Waals surface area contributed by atoms with Gasteiger partial charge >= 0.3 is 0 Å². The first kappa shape index (κ1) is 78.2. The Morgan fingerprint density at radius 3 is 0.602 bits per heavy atom. The van der Waals surface area contributed by atoms with Gasteiger partial charge < -0.3 is 193 Å². The highest BCUT2D eigenvalue weighted by atomic mass is 32.2. The first-order valence-corrected chi connectivity index (χ1v) is 32.5. The van der Waals surface area contributed by atoms with Crippen LogP contribution in [0.15, 0.2) is 29.2 Å². The molecule has 43 heteroatoms. The number of aryl methyl sites for hydroxylation is 1. The van der Waals surface area contributed by atoms with Gasteiger partial charge in [-0.25, -0.2) is 0 Å². The Balaban J connectivity index is 0.936. The van der Waals surface area contributed by atoms with E-state index >= 15 is 0 Å². The monoisotopic (exact) mass is 1450 g/mol. The van der Waals surface area contributed by atoms with Crippen LogP contribution in [0, 0.1) is 6.92 Å². The first-order chi connectivity index (χ1) is 46.5. The minimum atomic E-state index is -4.76. The van der Waals surface area contributed by atoms with Gasteiger partial charge in [0.2, 0.25) is 0 Å². The maximum atomic E-state index is 13.6. The molecule has 1 aromatic carbocycles. The lowest BCUT2D eigenvalue weighted by Gasteiger charge is -2.50. The molecule has 98 heavy (non-hydrogen) atoms. The second-order valence-corrected chi connectivity index (χ2v) is 26.4. The van der Waals surface area contributed by atoms with E-state index in [1.807, 2.05) is 0 Å². The molecule has 0 aromatic heterocycles. The van der Waals surface area contributed by atoms with Crippen LogP contribution in [0.4, 0.5) is 0 Å². The van der Waals surface area contributed by atoms with Crippen LogP contribution >= 0.6 is 0 Å². The average molecular weight is 1450 g/mol. The molecule has 30 heterocycles. The normalized spacial score (nSPS) is 51.1. The molecule has 42 nitrogen and oxygen atoms in total. The second kappa shape index (κ2) is 32.9. The Labute approximate surface area is 554 Å². The zero-order chi connectivity index (χ0) is 71.3. The van der Waals surface area contributed by atoms with Gasteiger partial charge in [0.15, 0.2) is 50.3 Å². The van der Waals surface area contributed by atoms with E-state index in [-0.39, 0.29) is 0 Å². The Hall–Kier alpha value is -2.43. The number of hydrogen-bond donors (Lipinski definition) is 23. The molecule has 40 unspecified atom stereocenters. The van der Waals surface area contributed by atoms with Gasteiger partial charge in [-0.2, -0.15) is 8.42 Å². The summed E-state index contributed by atoms with van der Waals surface area (Å²) in [7, 11) is -4.76. The van der Waals surface area contributed by atoms with Crippen molar-refractivity contribution in [2.24, 2.45) is 0 Å². The molecule has 16 bridgehead atoms. The number of aliphatic hydroxyl groups excluding tert-OH is 23. The van der Waals surface area contributed by atoms with Crippen molar-refractivity contribution in [3.63, 3.8) is 0 Å². The summed E-state index contributed by atoms with van der Waals surface area (Å²) in [5, 5.41) is 258. The molecular weight excluding hydrogens is 1360 g/mol. The summed E-state index contributed by atoms with van der Waals surface area (Å²) in [6.45, 7) is -7.35. The average Bonchev–Trinajstić information content (AvgIpc) is 0.777. The Morgan fingerprint density at radius 1 is 0.265 bits per heavy atom. The molecule has 0 saturated carbocycles. The predicted octanol–water partition coefficient (Wildman–Crippen LogP) is -15.7. The van der Waals surface area contributed by atoms with Gasteiger partial charge in [0, 0.05) is 0 Å². The fourth-order valence-corrected chi connectivity index (χ4v) is 13.7. The van der Waals surface area contributed by atoms with Crippen LogP contribution in [0.3, 0.4) is 0 Å². The van der Waals surface area contributed by atoms with Gasteiger partial charge in [0.25, 0.3) is 10.1 Å². The standard InChI is InChI=1S/C55H86O42S/c1-14-2-4-15(5-3-14)98(79,80)81-13-23-47-31(70)39(78)55(89-23)96-46-22(12-62)87-53(37(76)29(46)68)94-44-20(10-60)85-51(35(74)27(44)66)92-42-18(8-58)83-49(33(72)25(42)64)90-40-16(6-56)82-48(32(71)24(40)63)91-41-17(7-57)84-50(34(73)26(41)65)93-43-19(9-59)86-52(36(75)28(43)67)95-45-21(11-61)88-54(97-47)38(77)30(45)69/h2-5,16-78H,6-13H2,1H3. The van der Waals surface area contributed by atoms with Crippen molar-refractivity contribution >= 4 is 10.1 Å². The number of hydrogen-bond acceptors (Lipinski definition) is 42. The lowest BCUT2D eigenvalue weighted by atomic mass is 9.94. The predicted molar refractivity (Wildman–Crippen MR) is 298 cm³/mol. The quantitative estimate of drug-likeness (QED) is 0.0915. The Kier molecular flexibility index (Phi) is 26.3. The first-order valence-electron chi connectivity index (χ1n) is 31.1. The summed E-state index contributed by atoms with van der Waals surface area (Å²) < 4.78 is 125. The van der Waals surface area contributed by atoms with E-state index in [4.69, 9.17) is 80.0 Å². The van der Waals surface area contributed by atoms with Gasteiger partial charge in [-0.05, 0) is 19.1 Å². The smallest absolute Gasteiger partial charge is 0.297 e. The highest BCUT2D eigenvalue weighted by Crippen LogP contribution is 2.40. The molecule has 23 N–H and O–H groups in total. The van der Waals surface area contributed by atoms with Crippen molar-refractivity contribution in [1.82, 2.24) is 0 Å². The summed E-state index contributed by atoms with van der Waals surface area (Å²) in [6.07, 6.45) is -84.8. The van der Waals surface area contributed by atoms with Crippen LogP contribution in [0.5, 0.6) is 0 Å². The zero-order valence-corrected chi connectivity index (χ0v) is 52.3. The SMILES string of the molecule is Cc1ccc(S(=O)(=O)OCC2OC3OC4C(CO)OC(OC5C(CO)OC(OC6C(CO)OC(OC7C(CO)OC(OC8C(CO)OC(OC9C(CO)OC(OC%10C(CO)OC(OC2C(O)C3O)C(O)C%10O)C(O)C9O)C(O)C8O)C(O)C7O)C(O)C6O)C(O)C5O)C(O)C4O)cc1. The summed E-state index contributed by atoms with van der Waals surface area (Å²) >= 11 is 0. The fraction of sp³-hybridized carbons (Fsp3) is 0.891. The third-order valence-corrected chi connectivity index (χ3v) is 19.7. The summed E-state index contributed by atoms with van der Waals surface area (Å²) in [6, 6.07) is 5.20. The number of ether oxygens (including phenoxy) is 16. The highest BCUT2D eigenvalue weighted by molar-refractivity contribution is 7.86. The van der Waals surface area contributed by atoms with Crippen LogP contribution in [0.25, 0.3) is 0 Å². The third kappa shape index (κ3) is 15.8. The minimum absolute atomic E-state index is 0.399. The van der Waals surface area contributed by atoms with Crippen molar-refractivity contribution in [3.8, 4) is 0 Å². The van der Waals surface area contributed by atoms with Gasteiger partial charge in [-0.15, -0.1) is 0 Å². The van der Waals surface area contributed by atoms with Gasteiger partial charge in [0.1, 0.15) is 195 Å². The van der Waals surface area contributed by atoms with Crippen molar-refractivity contribution in [3.05, 3.63) is 29.8 Å². The van der Waals surface area contributed by atoms with Crippen LogP contribution < -0.4 is 0 Å². The van der Waals surface area contributed by atoms with Gasteiger partial charge in [-0.3, -0.25) is 4.18 Å². The van der Waals surface area contributed by atoms with Crippen molar-refractivity contribution < 1.29 is 206 Å². The number of benzene rings is 1. The molecular formula is C55H86O42S. The Bertz CT molecular complexity index is 2750. The fourth-order valence-electron chi connectivity index (χ4n) is 12.8. The van der Waals surface area contributed by atoms with Gasteiger partial charge in [0.05, 0.1) is 57.8 Å². The molecule has 30 aliphatic heterocycles. The molecule has 30 aliphatic rings. The second-order valence-electron chi connectivity index (χ2n) is 24.8. The number of rotatable bonds is 11. The van der Waals surface area contributed by atoms with Crippen molar-refractivity contribution in [2.75, 3.05) is 52.9 Å². The summed E-state index contributed by atoms with van der Waals surface area (Å²) in [4.78, 5) is -0.399. The van der Waals surface area contributed by atoms with Gasteiger partial charge in [-0.1, -0.05) is 17.7 Å². The lowest BCUT2D eigenvalue weighted by molar-refractivity contribution is -0.404. The zero-order valence-electron chi connectivity index (χ0n) is 51.5. The molecule has 0 amide bonds. The van der Waals surface area contributed by atoms with E-state index in [2.05, 4.69) is 0 Å². The molecule has 1 aromatic rings. The largest absolute Gasteiger partial charge is 0.394 e. The topological polar surface area (TPSA) is 656 Å². The van der Waals surface area contributed by atoms with E-state index in [1.54, 1.807) is 6.92 Å². The van der Waals surface area contributed by atoms with Crippen LogP contribution in [-0.4, -0.2) is 424 Å². The molecule has 40 atom stereocenters. The summed E-state index contributed by atoms with van der Waals surface area (Å²) in [5.41, 5.74) is 0.638. The molecule has 0 radical (unpaired) electrons. The molecule has 31 rings (SSSR count). The van der Waals surface area contributed by atoms with E-state index in [0.717, 1.165) is 0 Å². The van der Waals surface area contributed by atoms with Crippen LogP contribution in [0.1, 0.15) is 5.56 Å². The minimum Gasteiger partial charge on any atom is -0.394 e. The maximum Gasteiger partial charge on any atom is 0.297 e. The van der Waals surface area contributed by atoms with E-state index in [1.165, 1.54) is 24.3 Å².